The van der Waals surface area contributed by atoms with Crippen LogP contribution in [0, 0.1) is 17.3 Å². The Morgan fingerprint density at radius 1 is 0.526 bits per heavy atom. The van der Waals surface area contributed by atoms with Crippen molar-refractivity contribution in [1.29, 1.82) is 0 Å². The van der Waals surface area contributed by atoms with E-state index in [4.69, 9.17) is 9.47 Å². The normalized spacial score (nSPS) is 11.9. The summed E-state index contributed by atoms with van der Waals surface area (Å²) >= 11 is 0. The van der Waals surface area contributed by atoms with E-state index in [0.29, 0.717) is 19.6 Å². The van der Waals surface area contributed by atoms with E-state index in [0.717, 1.165) is 44.9 Å². The van der Waals surface area contributed by atoms with E-state index in [1.54, 1.807) is 0 Å². The van der Waals surface area contributed by atoms with Gasteiger partial charge in [-0.05, 0) is 37.5 Å². The smallest absolute Gasteiger partial charge is 0.312 e. The first kappa shape index (κ1) is 36.9. The van der Waals surface area contributed by atoms with Crippen LogP contribution in [0.1, 0.15) is 176 Å². The van der Waals surface area contributed by atoms with Crippen molar-refractivity contribution < 1.29 is 19.1 Å². The van der Waals surface area contributed by atoms with Crippen LogP contribution >= 0.6 is 0 Å². The van der Waals surface area contributed by atoms with Crippen molar-refractivity contribution in [1.82, 2.24) is 0 Å². The van der Waals surface area contributed by atoms with Gasteiger partial charge in [-0.25, -0.2) is 0 Å². The molecule has 0 aliphatic heterocycles. The maximum absolute atomic E-state index is 13.2. The molecule has 0 radical (unpaired) electrons. The van der Waals surface area contributed by atoms with Gasteiger partial charge in [0.2, 0.25) is 0 Å². The fourth-order valence-corrected chi connectivity index (χ4v) is 5.71. The number of carbonyl (C=O) groups excluding carboxylic acids is 2. The van der Waals surface area contributed by atoms with Crippen LogP contribution in [0.3, 0.4) is 0 Å². The van der Waals surface area contributed by atoms with E-state index < -0.39 is 0 Å². The first-order valence-electron chi connectivity index (χ1n) is 16.7. The lowest BCUT2D eigenvalue weighted by atomic mass is 9.66. The minimum Gasteiger partial charge on any atom is -0.466 e. The Kier molecular flexibility index (Phi) is 24.2. The summed E-state index contributed by atoms with van der Waals surface area (Å²) in [6.45, 7) is 14.4. The third-order valence-electron chi connectivity index (χ3n) is 8.40. The molecule has 0 spiro atoms. The van der Waals surface area contributed by atoms with Gasteiger partial charge in [0.1, 0.15) is 0 Å². The average Bonchev–Trinajstić information content (AvgIpc) is 2.88. The molecule has 0 aliphatic carbocycles. The predicted octanol–water partition coefficient (Wildman–Crippen LogP) is 10.6. The van der Waals surface area contributed by atoms with Crippen molar-refractivity contribution in [2.45, 2.75) is 176 Å². The van der Waals surface area contributed by atoms with E-state index in [-0.39, 0.29) is 29.2 Å². The van der Waals surface area contributed by atoms with Gasteiger partial charge in [-0.3, -0.25) is 9.59 Å². The topological polar surface area (TPSA) is 52.6 Å². The molecule has 0 unspecified atom stereocenters. The van der Waals surface area contributed by atoms with Crippen LogP contribution in [0.2, 0.25) is 0 Å². The minimum atomic E-state index is -0.361. The summed E-state index contributed by atoms with van der Waals surface area (Å²) in [7, 11) is 0. The Bertz CT molecular complexity index is 547. The number of ether oxygens (including phenoxy) is 2. The van der Waals surface area contributed by atoms with Gasteiger partial charge in [-0.1, -0.05) is 144 Å². The monoisotopic (exact) mass is 538 g/mol. The first-order valence-corrected chi connectivity index (χ1v) is 16.7. The fraction of sp³-hybridized carbons (Fsp3) is 0.941. The van der Waals surface area contributed by atoms with Crippen molar-refractivity contribution in [2.75, 3.05) is 13.2 Å². The lowest BCUT2D eigenvalue weighted by molar-refractivity contribution is -0.164. The second-order valence-corrected chi connectivity index (χ2v) is 12.2. The molecule has 4 nitrogen and oxygen atoms in total. The van der Waals surface area contributed by atoms with Crippen molar-refractivity contribution in [3.05, 3.63) is 0 Å². The van der Waals surface area contributed by atoms with Crippen LogP contribution in [-0.4, -0.2) is 25.2 Å². The van der Waals surface area contributed by atoms with Gasteiger partial charge >= 0.3 is 11.9 Å². The first-order chi connectivity index (χ1) is 18.3. The number of hydrogen-bond acceptors (Lipinski definition) is 4. The molecular weight excluding hydrogens is 472 g/mol. The van der Waals surface area contributed by atoms with Crippen LogP contribution in [0.15, 0.2) is 0 Å². The molecule has 0 aromatic heterocycles. The van der Waals surface area contributed by atoms with E-state index in [9.17, 15) is 9.59 Å². The average molecular weight is 539 g/mol. The molecule has 0 atom stereocenters. The summed E-state index contributed by atoms with van der Waals surface area (Å²) in [6, 6.07) is 0. The highest BCUT2D eigenvalue weighted by molar-refractivity contribution is 5.77. The van der Waals surface area contributed by atoms with Crippen LogP contribution in [-0.2, 0) is 19.1 Å². The zero-order chi connectivity index (χ0) is 28.5. The molecule has 0 bridgehead atoms. The second-order valence-electron chi connectivity index (χ2n) is 12.2. The molecule has 0 fully saturated rings. The Morgan fingerprint density at radius 2 is 0.921 bits per heavy atom. The molecule has 0 saturated carbocycles. The molecule has 0 N–H and O–H groups in total. The van der Waals surface area contributed by atoms with Crippen LogP contribution in [0.25, 0.3) is 0 Å². The van der Waals surface area contributed by atoms with Crippen LogP contribution in [0.5, 0.6) is 0 Å². The van der Waals surface area contributed by atoms with Crippen LogP contribution in [0.4, 0.5) is 0 Å². The Morgan fingerprint density at radius 3 is 1.39 bits per heavy atom. The fourth-order valence-electron chi connectivity index (χ4n) is 5.71. The zero-order valence-corrected chi connectivity index (χ0v) is 26.6. The predicted molar refractivity (Wildman–Crippen MR) is 162 cm³/mol. The minimum absolute atomic E-state index is 0.0183. The van der Waals surface area contributed by atoms with Crippen molar-refractivity contribution in [3.63, 3.8) is 0 Å². The molecule has 226 valence electrons. The van der Waals surface area contributed by atoms with Gasteiger partial charge < -0.3 is 9.47 Å². The Hall–Kier alpha value is -1.06. The van der Waals surface area contributed by atoms with Crippen LogP contribution < -0.4 is 0 Å². The summed E-state index contributed by atoms with van der Waals surface area (Å²) in [5.74, 6) is 0.598. The van der Waals surface area contributed by atoms with E-state index >= 15 is 0 Å². The van der Waals surface area contributed by atoms with Crippen molar-refractivity contribution >= 4 is 11.9 Å². The summed E-state index contributed by atoms with van der Waals surface area (Å²) < 4.78 is 11.2. The molecule has 0 rings (SSSR count). The largest absolute Gasteiger partial charge is 0.466 e. The van der Waals surface area contributed by atoms with Gasteiger partial charge in [0.05, 0.1) is 18.6 Å². The number of unbranched alkanes of at least 4 members (excludes halogenated alkanes) is 16. The highest BCUT2D eigenvalue weighted by Gasteiger charge is 2.45. The Labute approximate surface area is 237 Å². The van der Waals surface area contributed by atoms with Crippen molar-refractivity contribution in [2.24, 2.45) is 17.3 Å². The number of rotatable bonds is 27. The van der Waals surface area contributed by atoms with Gasteiger partial charge in [-0.15, -0.1) is 0 Å². The lowest BCUT2D eigenvalue weighted by Crippen LogP contribution is -2.42. The highest BCUT2D eigenvalue weighted by atomic mass is 16.5. The van der Waals surface area contributed by atoms with Gasteiger partial charge in [0, 0.05) is 6.42 Å². The highest BCUT2D eigenvalue weighted by Crippen LogP contribution is 2.42. The zero-order valence-electron chi connectivity index (χ0n) is 26.6. The SMILES string of the molecule is CCCCCCCOC(=O)CCCCCCCCCCCC(C(=O)OCCCCCCC)(C(C)C)C(C)C. The third-order valence-corrected chi connectivity index (χ3v) is 8.40. The van der Waals surface area contributed by atoms with E-state index in [1.807, 2.05) is 0 Å². The molecule has 0 aliphatic rings. The Balaban J connectivity index is 3.96. The van der Waals surface area contributed by atoms with Gasteiger partial charge in [0.15, 0.2) is 0 Å². The summed E-state index contributed by atoms with van der Waals surface area (Å²) in [5, 5.41) is 0. The second kappa shape index (κ2) is 24.9. The summed E-state index contributed by atoms with van der Waals surface area (Å²) in [5.41, 5.74) is -0.361. The van der Waals surface area contributed by atoms with E-state index in [1.165, 1.54) is 83.5 Å². The number of carbonyl (C=O) groups is 2. The summed E-state index contributed by atoms with van der Waals surface area (Å²) in [6.07, 6.45) is 23.9. The third kappa shape index (κ3) is 17.5. The van der Waals surface area contributed by atoms with Crippen molar-refractivity contribution in [3.8, 4) is 0 Å². The number of esters is 2. The quantitative estimate of drug-likeness (QED) is 0.0771. The maximum Gasteiger partial charge on any atom is 0.312 e. The molecule has 38 heavy (non-hydrogen) atoms. The molecule has 0 heterocycles. The molecule has 0 aromatic rings. The van der Waals surface area contributed by atoms with E-state index in [2.05, 4.69) is 41.5 Å². The molecule has 0 saturated heterocycles. The standard InChI is InChI=1S/C34H66O4/c1-7-9-11-20-24-28-37-32(35)26-22-18-16-14-13-15-17-19-23-27-34(30(3)4,31(5)6)33(36)38-29-25-21-12-10-8-2/h30-31H,7-29H2,1-6H3. The lowest BCUT2D eigenvalue weighted by Gasteiger charge is -2.39. The maximum atomic E-state index is 13.2. The summed E-state index contributed by atoms with van der Waals surface area (Å²) in [4.78, 5) is 25.0. The molecular formula is C34H66O4. The number of hydrogen-bond donors (Lipinski definition) is 0. The molecule has 0 aromatic carbocycles. The molecule has 0 amide bonds. The van der Waals surface area contributed by atoms with Gasteiger partial charge in [0.25, 0.3) is 0 Å². The van der Waals surface area contributed by atoms with Gasteiger partial charge in [-0.2, -0.15) is 0 Å². The molecule has 4 heteroatoms.